The molecule has 1 aromatic heterocycles. The van der Waals surface area contributed by atoms with E-state index in [4.69, 9.17) is 10.6 Å². The Labute approximate surface area is 177 Å². The first-order valence-corrected chi connectivity index (χ1v) is 10.3. The molecule has 4 N–H and O–H groups in total. The summed E-state index contributed by atoms with van der Waals surface area (Å²) in [6.07, 6.45) is 0. The number of thioether (sulfide) groups is 1. The number of aliphatic imine (C=N–C) groups is 1. The Morgan fingerprint density at radius 1 is 1.59 bits per heavy atom. The molecule has 3 rings (SSSR count). The molecule has 0 bridgehead atoms. The lowest BCUT2D eigenvalue weighted by Gasteiger charge is -2.49. The highest BCUT2D eigenvalue weighted by molar-refractivity contribution is 8.00. The number of nitrogens with one attached hydrogen (secondary N) is 1. The van der Waals surface area contributed by atoms with Crippen molar-refractivity contribution in [1.29, 1.82) is 0 Å². The second-order valence-electron chi connectivity index (χ2n) is 5.72. The minimum atomic E-state index is -1.25. The van der Waals surface area contributed by atoms with Gasteiger partial charge in [0.15, 0.2) is 10.8 Å². The molecule has 2 aliphatic rings. The van der Waals surface area contributed by atoms with Gasteiger partial charge in [-0.05, 0) is 17.8 Å². The molecule has 1 aromatic rings. The van der Waals surface area contributed by atoms with Crippen molar-refractivity contribution in [2.45, 2.75) is 11.4 Å². The molecule has 1 fully saturated rings. The number of carboxylic acids is 1. The third-order valence-corrected chi connectivity index (χ3v) is 6.18. The zero-order valence-electron chi connectivity index (χ0n) is 14.8. The van der Waals surface area contributed by atoms with Gasteiger partial charge in [-0.25, -0.2) is 14.8 Å². The Kier molecular flexibility index (Phi) is 6.27. The first-order chi connectivity index (χ1) is 13.9. The van der Waals surface area contributed by atoms with Crippen molar-refractivity contribution in [2.24, 2.45) is 10.1 Å². The van der Waals surface area contributed by atoms with Gasteiger partial charge >= 0.3 is 5.97 Å². The summed E-state index contributed by atoms with van der Waals surface area (Å²) in [5.74, 6) is -2.16. The van der Waals surface area contributed by atoms with Gasteiger partial charge < -0.3 is 21.0 Å². The van der Waals surface area contributed by atoms with E-state index in [0.29, 0.717) is 11.3 Å². The lowest BCUT2D eigenvalue weighted by molar-refractivity contribution is -0.150. The summed E-state index contributed by atoms with van der Waals surface area (Å²) in [4.78, 5) is 50.5. The third-order valence-electron chi connectivity index (χ3n) is 4.03. The van der Waals surface area contributed by atoms with Gasteiger partial charge in [0, 0.05) is 11.1 Å². The number of carboxylic acid groups (broad SMARTS) is 1. The number of β-lactam (4-membered cyclic amide) rings is 1. The van der Waals surface area contributed by atoms with Crippen LogP contribution in [0.4, 0.5) is 5.13 Å². The number of aromatic nitrogens is 1. The smallest absolute Gasteiger partial charge is 0.352 e. The molecule has 0 aliphatic carbocycles. The first kappa shape index (κ1) is 20.9. The number of isothiocyanates is 1. The predicted molar refractivity (Wildman–Crippen MR) is 110 cm³/mol. The van der Waals surface area contributed by atoms with Crippen LogP contribution in [0.5, 0.6) is 0 Å². The second kappa shape index (κ2) is 8.69. The fourth-order valence-electron chi connectivity index (χ4n) is 2.83. The van der Waals surface area contributed by atoms with Crippen molar-refractivity contribution in [2.75, 3.05) is 25.1 Å². The molecule has 2 amide bonds. The van der Waals surface area contributed by atoms with Gasteiger partial charge in [-0.3, -0.25) is 14.5 Å². The molecule has 0 radical (unpaired) electrons. The number of fused-ring (bicyclic) bond motifs is 1. The highest BCUT2D eigenvalue weighted by atomic mass is 32.2. The van der Waals surface area contributed by atoms with Crippen LogP contribution in [0.25, 0.3) is 0 Å². The van der Waals surface area contributed by atoms with E-state index in [2.05, 4.69) is 37.8 Å². The van der Waals surface area contributed by atoms with Crippen molar-refractivity contribution < 1.29 is 24.3 Å². The van der Waals surface area contributed by atoms with Gasteiger partial charge in [0.05, 0.1) is 11.7 Å². The summed E-state index contributed by atoms with van der Waals surface area (Å²) in [7, 11) is 1.27. The summed E-state index contributed by atoms with van der Waals surface area (Å²) >= 11 is 6.95. The van der Waals surface area contributed by atoms with E-state index in [9.17, 15) is 19.5 Å². The van der Waals surface area contributed by atoms with E-state index in [1.54, 1.807) is 0 Å². The number of hydrogen-bond acceptors (Lipinski definition) is 11. The second-order valence-corrected chi connectivity index (χ2v) is 7.90. The van der Waals surface area contributed by atoms with E-state index in [1.807, 2.05) is 0 Å². The number of nitrogens with zero attached hydrogens (tertiary/aromatic N) is 4. The molecule has 29 heavy (non-hydrogen) atoms. The molecule has 11 nitrogen and oxygen atoms in total. The number of oxime groups is 1. The number of carbonyl (C=O) groups excluding carboxylic acids is 2. The number of rotatable bonds is 7. The number of thiocarbonyl (C=S) groups is 1. The number of hydrogen-bond donors (Lipinski definition) is 3. The molecule has 3 heterocycles. The molecule has 2 aliphatic heterocycles. The van der Waals surface area contributed by atoms with E-state index >= 15 is 0 Å². The van der Waals surface area contributed by atoms with Crippen molar-refractivity contribution in [3.63, 3.8) is 0 Å². The molecule has 2 atom stereocenters. The van der Waals surface area contributed by atoms with Crippen molar-refractivity contribution in [1.82, 2.24) is 15.2 Å². The standard InChI is InChI=1S/C15H14N6O5S3/c1-26-20-8(7-4-29-15(16)18-7)11(22)19-9-12(23)21-10(14(24)25)6(2-17-5-27)3-28-13(9)21/h4,9,13H,2-3H2,1H3,(H2,16,18)(H,19,22)(H,24,25)/b20-8-/t9?,13-/m0/s1. The van der Waals surface area contributed by atoms with E-state index < -0.39 is 29.2 Å². The minimum Gasteiger partial charge on any atom is -0.477 e. The number of carbonyl (C=O) groups is 3. The Morgan fingerprint density at radius 3 is 2.93 bits per heavy atom. The highest BCUT2D eigenvalue weighted by Crippen LogP contribution is 2.40. The van der Waals surface area contributed by atoms with Crippen LogP contribution in [-0.2, 0) is 19.2 Å². The predicted octanol–water partition coefficient (Wildman–Crippen LogP) is -0.0828. The Hall–Kier alpha value is -2.80. The zero-order valence-corrected chi connectivity index (χ0v) is 17.3. The van der Waals surface area contributed by atoms with Crippen LogP contribution in [0.3, 0.4) is 0 Å². The normalized spacial score (nSPS) is 21.1. The van der Waals surface area contributed by atoms with Gasteiger partial charge in [-0.1, -0.05) is 5.16 Å². The largest absolute Gasteiger partial charge is 0.477 e. The van der Waals surface area contributed by atoms with Crippen LogP contribution >= 0.6 is 35.3 Å². The van der Waals surface area contributed by atoms with Crippen LogP contribution in [0.15, 0.2) is 26.8 Å². The summed E-state index contributed by atoms with van der Waals surface area (Å²) < 4.78 is 0. The molecule has 14 heteroatoms. The van der Waals surface area contributed by atoms with Crippen molar-refractivity contribution in [3.05, 3.63) is 22.3 Å². The first-order valence-electron chi connectivity index (χ1n) is 7.96. The topological polar surface area (TPSA) is 160 Å². The number of thiazole rings is 1. The van der Waals surface area contributed by atoms with E-state index in [-0.39, 0.29) is 28.8 Å². The van der Waals surface area contributed by atoms with Gasteiger partial charge in [0.25, 0.3) is 11.8 Å². The highest BCUT2D eigenvalue weighted by Gasteiger charge is 2.54. The fourth-order valence-corrected chi connectivity index (χ4v) is 4.78. The van der Waals surface area contributed by atoms with Crippen LogP contribution in [0.1, 0.15) is 5.69 Å². The SMILES string of the molecule is CO/N=C(\C(=O)NC1C(=O)N2C(C(=O)O)=C(CN=C=S)CS[C@@H]12)c1csc(N)n1. The van der Waals surface area contributed by atoms with Gasteiger partial charge in [0.2, 0.25) is 0 Å². The third kappa shape index (κ3) is 4.00. The molecular formula is C15H14N6O5S3. The lowest BCUT2D eigenvalue weighted by atomic mass is 10.0. The lowest BCUT2D eigenvalue weighted by Crippen LogP contribution is -2.71. The average molecular weight is 455 g/mol. The quantitative estimate of drug-likeness (QED) is 0.221. The molecule has 0 aromatic carbocycles. The van der Waals surface area contributed by atoms with Crippen molar-refractivity contribution >= 4 is 69.1 Å². The fraction of sp³-hybridized carbons (Fsp3) is 0.333. The molecule has 1 saturated heterocycles. The van der Waals surface area contributed by atoms with E-state index in [1.165, 1.54) is 24.3 Å². The number of anilines is 1. The molecule has 0 spiro atoms. The Bertz CT molecular complexity index is 983. The maximum absolute atomic E-state index is 12.6. The van der Waals surface area contributed by atoms with Crippen LogP contribution in [0, 0.1) is 0 Å². The number of nitrogens with two attached hydrogens (primary N) is 1. The summed E-state index contributed by atoms with van der Waals surface area (Å²) in [6.45, 7) is 0.0432. The van der Waals surface area contributed by atoms with Gasteiger partial charge in [-0.15, -0.1) is 23.1 Å². The number of amides is 2. The zero-order chi connectivity index (χ0) is 21.1. The number of nitrogen functional groups attached to an aromatic ring is 1. The van der Waals surface area contributed by atoms with Crippen LogP contribution in [0.2, 0.25) is 0 Å². The van der Waals surface area contributed by atoms with Gasteiger partial charge in [-0.2, -0.15) is 0 Å². The Morgan fingerprint density at radius 2 is 2.34 bits per heavy atom. The summed E-state index contributed by atoms with van der Waals surface area (Å²) in [5.41, 5.74) is 5.96. The molecular weight excluding hydrogens is 440 g/mol. The summed E-state index contributed by atoms with van der Waals surface area (Å²) in [5, 5.41) is 19.2. The maximum atomic E-state index is 12.6. The van der Waals surface area contributed by atoms with E-state index in [0.717, 1.165) is 16.2 Å². The van der Waals surface area contributed by atoms with Crippen LogP contribution < -0.4 is 11.1 Å². The van der Waals surface area contributed by atoms with Crippen molar-refractivity contribution in [3.8, 4) is 0 Å². The number of aliphatic carboxylic acids is 1. The Balaban J connectivity index is 1.79. The molecule has 1 unspecified atom stereocenters. The average Bonchev–Trinajstić information content (AvgIpc) is 3.13. The van der Waals surface area contributed by atoms with Crippen LogP contribution in [-0.4, -0.2) is 74.5 Å². The summed E-state index contributed by atoms with van der Waals surface area (Å²) in [6, 6.07) is -0.921. The maximum Gasteiger partial charge on any atom is 0.352 e. The molecule has 152 valence electrons. The monoisotopic (exact) mass is 454 g/mol. The minimum absolute atomic E-state index is 0.0432. The van der Waals surface area contributed by atoms with Gasteiger partial charge in [0.1, 0.15) is 29.9 Å². The molecule has 0 saturated carbocycles.